The Hall–Kier alpha value is -0.770. The molecule has 3 atom stereocenters. The van der Waals surface area contributed by atoms with Crippen LogP contribution in [0.2, 0.25) is 0 Å². The molecule has 1 aliphatic heterocycles. The summed E-state index contributed by atoms with van der Waals surface area (Å²) in [7, 11) is 0. The van der Waals surface area contributed by atoms with E-state index in [-0.39, 0.29) is 6.09 Å². The molecule has 3 rings (SSSR count). The van der Waals surface area contributed by atoms with E-state index in [4.69, 9.17) is 4.74 Å². The van der Waals surface area contributed by atoms with Gasteiger partial charge in [0.2, 0.25) is 0 Å². The van der Waals surface area contributed by atoms with Gasteiger partial charge in [0.15, 0.2) is 0 Å². The predicted molar refractivity (Wildman–Crippen MR) is 69.4 cm³/mol. The quantitative estimate of drug-likeness (QED) is 0.835. The summed E-state index contributed by atoms with van der Waals surface area (Å²) in [4.78, 5) is 13.4. The molecule has 18 heavy (non-hydrogen) atoms. The average Bonchev–Trinajstić information content (AvgIpc) is 3.07. The number of amides is 1. The van der Waals surface area contributed by atoms with E-state index in [1.807, 2.05) is 11.8 Å². The fraction of sp³-hybridized carbons (Fsp3) is 0.929. The standard InChI is InChI=1S/C14H24N2O2/c1-2-18-14(17)16-7-5-11(6-8-16)15-13-4-3-10-9-12(10)13/h10-13,15H,2-9H2,1H3. The lowest BCUT2D eigenvalue weighted by Gasteiger charge is -2.33. The summed E-state index contributed by atoms with van der Waals surface area (Å²) in [5.41, 5.74) is 0. The van der Waals surface area contributed by atoms with Crippen LogP contribution in [0.15, 0.2) is 0 Å². The molecule has 1 N–H and O–H groups in total. The van der Waals surface area contributed by atoms with Crippen molar-refractivity contribution in [1.82, 2.24) is 10.2 Å². The van der Waals surface area contributed by atoms with Gasteiger partial charge in [-0.15, -0.1) is 0 Å². The van der Waals surface area contributed by atoms with Crippen LogP contribution in [-0.2, 0) is 4.74 Å². The first kappa shape index (κ1) is 12.3. The molecule has 0 aromatic rings. The van der Waals surface area contributed by atoms with Gasteiger partial charge in [-0.3, -0.25) is 0 Å². The minimum Gasteiger partial charge on any atom is -0.450 e. The SMILES string of the molecule is CCOC(=O)N1CCC(NC2CCC3CC32)CC1. The van der Waals surface area contributed by atoms with Crippen LogP contribution in [-0.4, -0.2) is 42.8 Å². The van der Waals surface area contributed by atoms with Crippen molar-refractivity contribution in [2.45, 2.75) is 51.1 Å². The summed E-state index contributed by atoms with van der Waals surface area (Å²) < 4.78 is 5.04. The highest BCUT2D eigenvalue weighted by Gasteiger charge is 2.48. The van der Waals surface area contributed by atoms with E-state index in [0.717, 1.165) is 43.8 Å². The predicted octanol–water partition coefficient (Wildman–Crippen LogP) is 2.00. The van der Waals surface area contributed by atoms with E-state index in [9.17, 15) is 4.79 Å². The van der Waals surface area contributed by atoms with Crippen LogP contribution in [0.1, 0.15) is 39.0 Å². The zero-order chi connectivity index (χ0) is 12.5. The summed E-state index contributed by atoms with van der Waals surface area (Å²) in [6, 6.07) is 1.38. The van der Waals surface area contributed by atoms with Crippen molar-refractivity contribution in [3.05, 3.63) is 0 Å². The Morgan fingerprint density at radius 1 is 1.28 bits per heavy atom. The lowest BCUT2D eigenvalue weighted by Crippen LogP contribution is -2.48. The second kappa shape index (κ2) is 5.08. The molecule has 1 amide bonds. The summed E-state index contributed by atoms with van der Waals surface area (Å²) in [5, 5.41) is 3.82. The Morgan fingerprint density at radius 2 is 2.06 bits per heavy atom. The van der Waals surface area contributed by atoms with E-state index in [1.54, 1.807) is 0 Å². The minimum absolute atomic E-state index is 0.140. The second-order valence-electron chi connectivity index (χ2n) is 5.97. The van der Waals surface area contributed by atoms with Gasteiger partial charge in [-0.1, -0.05) is 0 Å². The van der Waals surface area contributed by atoms with Gasteiger partial charge in [0.1, 0.15) is 0 Å². The van der Waals surface area contributed by atoms with Gasteiger partial charge in [0, 0.05) is 25.2 Å². The van der Waals surface area contributed by atoms with Gasteiger partial charge in [-0.2, -0.15) is 0 Å². The van der Waals surface area contributed by atoms with Crippen molar-refractivity contribution in [2.75, 3.05) is 19.7 Å². The molecule has 2 aliphatic carbocycles. The van der Waals surface area contributed by atoms with Gasteiger partial charge >= 0.3 is 6.09 Å². The molecule has 0 radical (unpaired) electrons. The molecule has 0 spiro atoms. The molecule has 3 unspecified atom stereocenters. The monoisotopic (exact) mass is 252 g/mol. The normalized spacial score (nSPS) is 35.4. The summed E-state index contributed by atoms with van der Waals surface area (Å²) in [5.74, 6) is 2.02. The zero-order valence-corrected chi connectivity index (χ0v) is 11.2. The van der Waals surface area contributed by atoms with Crippen molar-refractivity contribution in [1.29, 1.82) is 0 Å². The van der Waals surface area contributed by atoms with Crippen molar-refractivity contribution in [3.63, 3.8) is 0 Å². The van der Waals surface area contributed by atoms with E-state index in [0.29, 0.717) is 12.6 Å². The Labute approximate surface area is 109 Å². The Morgan fingerprint density at radius 3 is 2.61 bits per heavy atom. The fourth-order valence-corrected chi connectivity index (χ4v) is 3.66. The van der Waals surface area contributed by atoms with Gasteiger partial charge in [0.05, 0.1) is 6.61 Å². The minimum atomic E-state index is -0.140. The summed E-state index contributed by atoms with van der Waals surface area (Å²) in [6.45, 7) is 4.02. The number of rotatable bonds is 3. The van der Waals surface area contributed by atoms with Crippen molar-refractivity contribution < 1.29 is 9.53 Å². The second-order valence-corrected chi connectivity index (χ2v) is 5.97. The number of carbonyl (C=O) groups excluding carboxylic acids is 1. The first-order chi connectivity index (χ1) is 8.78. The number of hydrogen-bond acceptors (Lipinski definition) is 3. The third kappa shape index (κ3) is 2.48. The van der Waals surface area contributed by atoms with Crippen LogP contribution in [0.25, 0.3) is 0 Å². The molecular formula is C14H24N2O2. The number of piperidine rings is 1. The lowest BCUT2D eigenvalue weighted by molar-refractivity contribution is 0.0940. The van der Waals surface area contributed by atoms with Gasteiger partial charge in [-0.05, 0) is 50.9 Å². The largest absolute Gasteiger partial charge is 0.450 e. The third-order valence-electron chi connectivity index (χ3n) is 4.81. The van der Waals surface area contributed by atoms with Crippen LogP contribution < -0.4 is 5.32 Å². The Bertz CT molecular complexity index is 313. The van der Waals surface area contributed by atoms with Gasteiger partial charge in [-0.25, -0.2) is 4.79 Å². The number of hydrogen-bond donors (Lipinski definition) is 1. The van der Waals surface area contributed by atoms with E-state index >= 15 is 0 Å². The molecule has 1 saturated heterocycles. The number of nitrogens with zero attached hydrogens (tertiary/aromatic N) is 1. The molecule has 0 aromatic carbocycles. The average molecular weight is 252 g/mol. The Balaban J connectivity index is 1.41. The molecule has 2 saturated carbocycles. The highest BCUT2D eigenvalue weighted by Crippen LogP contribution is 2.51. The highest BCUT2D eigenvalue weighted by molar-refractivity contribution is 5.67. The maximum Gasteiger partial charge on any atom is 0.409 e. The molecule has 4 nitrogen and oxygen atoms in total. The van der Waals surface area contributed by atoms with E-state index in [1.165, 1.54) is 19.3 Å². The number of nitrogens with one attached hydrogen (secondary N) is 1. The molecule has 102 valence electrons. The molecule has 1 heterocycles. The number of likely N-dealkylation sites (tertiary alicyclic amines) is 1. The lowest BCUT2D eigenvalue weighted by atomic mass is 10.0. The summed E-state index contributed by atoms with van der Waals surface area (Å²) in [6.07, 6.45) is 6.27. The number of carbonyl (C=O) groups is 1. The van der Waals surface area contributed by atoms with E-state index in [2.05, 4.69) is 5.32 Å². The smallest absolute Gasteiger partial charge is 0.409 e. The van der Waals surface area contributed by atoms with Crippen LogP contribution in [0.4, 0.5) is 4.79 Å². The molecule has 0 bridgehead atoms. The number of ether oxygens (including phenoxy) is 1. The van der Waals surface area contributed by atoms with Crippen LogP contribution in [0.5, 0.6) is 0 Å². The summed E-state index contributed by atoms with van der Waals surface area (Å²) >= 11 is 0. The maximum absolute atomic E-state index is 11.6. The van der Waals surface area contributed by atoms with Crippen molar-refractivity contribution >= 4 is 6.09 Å². The van der Waals surface area contributed by atoms with Gasteiger partial charge < -0.3 is 15.0 Å². The molecule has 0 aromatic heterocycles. The van der Waals surface area contributed by atoms with Crippen LogP contribution >= 0.6 is 0 Å². The third-order valence-corrected chi connectivity index (χ3v) is 4.81. The topological polar surface area (TPSA) is 41.6 Å². The molecule has 3 aliphatic rings. The van der Waals surface area contributed by atoms with Crippen LogP contribution in [0, 0.1) is 11.8 Å². The first-order valence-electron chi connectivity index (χ1n) is 7.45. The van der Waals surface area contributed by atoms with E-state index < -0.39 is 0 Å². The molecule has 3 fully saturated rings. The van der Waals surface area contributed by atoms with Crippen molar-refractivity contribution in [3.8, 4) is 0 Å². The van der Waals surface area contributed by atoms with Crippen LogP contribution in [0.3, 0.4) is 0 Å². The highest BCUT2D eigenvalue weighted by atomic mass is 16.6. The zero-order valence-electron chi connectivity index (χ0n) is 11.2. The molecule has 4 heteroatoms. The first-order valence-corrected chi connectivity index (χ1v) is 7.45. The number of fused-ring (bicyclic) bond motifs is 1. The van der Waals surface area contributed by atoms with Gasteiger partial charge in [0.25, 0.3) is 0 Å². The maximum atomic E-state index is 11.6. The Kier molecular flexibility index (Phi) is 3.46. The fourth-order valence-electron chi connectivity index (χ4n) is 3.66. The molecular weight excluding hydrogens is 228 g/mol. The van der Waals surface area contributed by atoms with Crippen molar-refractivity contribution in [2.24, 2.45) is 11.8 Å².